The van der Waals surface area contributed by atoms with Crippen LogP contribution in [0.25, 0.3) is 0 Å². The Kier molecular flexibility index (Phi) is 8.06. The molecule has 0 aliphatic carbocycles. The van der Waals surface area contributed by atoms with Crippen LogP contribution in [-0.2, 0) is 0 Å². The van der Waals surface area contributed by atoms with Crippen LogP contribution in [0.2, 0.25) is 5.02 Å². The van der Waals surface area contributed by atoms with E-state index in [1.54, 1.807) is 6.26 Å². The van der Waals surface area contributed by atoms with Crippen molar-refractivity contribution in [2.45, 2.75) is 33.7 Å². The SMILES string of the molecule is CCN(CC)c1ncc(Cl)c(C(=O)NCC(c2ccco2)N(CC)CC)n1. The number of aromatic nitrogens is 2. The first kappa shape index (κ1) is 21.2. The van der Waals surface area contributed by atoms with Crippen molar-refractivity contribution < 1.29 is 9.21 Å². The average molecular weight is 394 g/mol. The highest BCUT2D eigenvalue weighted by Gasteiger charge is 2.23. The number of halogens is 1. The van der Waals surface area contributed by atoms with Crippen LogP contribution in [0.1, 0.15) is 50.0 Å². The standard InChI is InChI=1S/C19H28ClN5O2/c1-5-24(6-2)15(16-10-9-11-27-16)13-21-18(26)17-14(20)12-22-19(23-17)25(7-3)8-4/h9-12,15H,5-8,13H2,1-4H3,(H,21,26). The maximum absolute atomic E-state index is 12.7. The number of carbonyl (C=O) groups excluding carboxylic acids is 1. The van der Waals surface area contributed by atoms with E-state index in [0.717, 1.165) is 31.9 Å². The van der Waals surface area contributed by atoms with Gasteiger partial charge >= 0.3 is 0 Å². The van der Waals surface area contributed by atoms with E-state index >= 15 is 0 Å². The molecule has 0 aromatic carbocycles. The minimum absolute atomic E-state index is 0.0539. The molecule has 0 aliphatic rings. The topological polar surface area (TPSA) is 74.5 Å². The van der Waals surface area contributed by atoms with Crippen molar-refractivity contribution in [2.24, 2.45) is 0 Å². The number of hydrogen-bond donors (Lipinski definition) is 1. The Hall–Kier alpha value is -2.12. The number of carbonyl (C=O) groups is 1. The minimum atomic E-state index is -0.320. The van der Waals surface area contributed by atoms with Gasteiger partial charge in [0, 0.05) is 19.6 Å². The summed E-state index contributed by atoms with van der Waals surface area (Å²) in [6.45, 7) is 11.8. The molecule has 1 atom stereocenters. The van der Waals surface area contributed by atoms with Gasteiger partial charge in [-0.1, -0.05) is 25.4 Å². The Morgan fingerprint density at radius 2 is 1.93 bits per heavy atom. The van der Waals surface area contributed by atoms with Crippen molar-refractivity contribution in [3.8, 4) is 0 Å². The van der Waals surface area contributed by atoms with Gasteiger partial charge in [0.2, 0.25) is 5.95 Å². The minimum Gasteiger partial charge on any atom is -0.468 e. The Labute approximate surface area is 165 Å². The highest BCUT2D eigenvalue weighted by atomic mass is 35.5. The third-order valence-electron chi connectivity index (χ3n) is 4.57. The van der Waals surface area contributed by atoms with Crippen molar-refractivity contribution in [3.05, 3.63) is 41.1 Å². The lowest BCUT2D eigenvalue weighted by Crippen LogP contribution is -2.38. The van der Waals surface area contributed by atoms with Gasteiger partial charge in [0.15, 0.2) is 5.69 Å². The number of nitrogens with zero attached hydrogens (tertiary/aromatic N) is 4. The molecule has 8 heteroatoms. The van der Waals surface area contributed by atoms with E-state index in [4.69, 9.17) is 16.0 Å². The molecule has 27 heavy (non-hydrogen) atoms. The zero-order valence-corrected chi connectivity index (χ0v) is 17.2. The third kappa shape index (κ3) is 5.20. The normalized spacial score (nSPS) is 12.2. The van der Waals surface area contributed by atoms with Crippen molar-refractivity contribution in [1.82, 2.24) is 20.2 Å². The molecule has 1 unspecified atom stereocenters. The summed E-state index contributed by atoms with van der Waals surface area (Å²) < 4.78 is 5.57. The second-order valence-electron chi connectivity index (χ2n) is 6.00. The summed E-state index contributed by atoms with van der Waals surface area (Å²) in [7, 11) is 0. The van der Waals surface area contributed by atoms with Crippen LogP contribution in [0.15, 0.2) is 29.0 Å². The molecular formula is C19H28ClN5O2. The van der Waals surface area contributed by atoms with Crippen molar-refractivity contribution in [1.29, 1.82) is 0 Å². The first-order valence-corrected chi connectivity index (χ1v) is 9.76. The highest BCUT2D eigenvalue weighted by Crippen LogP contribution is 2.21. The van der Waals surface area contributed by atoms with Crippen LogP contribution in [0.4, 0.5) is 5.95 Å². The van der Waals surface area contributed by atoms with E-state index in [0.29, 0.717) is 12.5 Å². The van der Waals surface area contributed by atoms with Crippen molar-refractivity contribution >= 4 is 23.5 Å². The molecule has 0 radical (unpaired) electrons. The first-order valence-electron chi connectivity index (χ1n) is 9.38. The Morgan fingerprint density at radius 3 is 2.48 bits per heavy atom. The summed E-state index contributed by atoms with van der Waals surface area (Å²) >= 11 is 6.18. The summed E-state index contributed by atoms with van der Waals surface area (Å²) in [6.07, 6.45) is 3.12. The summed E-state index contributed by atoms with van der Waals surface area (Å²) in [6, 6.07) is 3.72. The van der Waals surface area contributed by atoms with Gasteiger partial charge in [0.1, 0.15) is 5.76 Å². The Bertz CT molecular complexity index is 715. The maximum atomic E-state index is 12.7. The van der Waals surface area contributed by atoms with Gasteiger partial charge in [-0.15, -0.1) is 0 Å². The lowest BCUT2D eigenvalue weighted by Gasteiger charge is -2.28. The molecule has 7 nitrogen and oxygen atoms in total. The molecule has 1 amide bonds. The van der Waals surface area contributed by atoms with Gasteiger partial charge in [-0.05, 0) is 39.1 Å². The molecule has 2 aromatic heterocycles. The smallest absolute Gasteiger partial charge is 0.271 e. The summed E-state index contributed by atoms with van der Waals surface area (Å²) in [4.78, 5) is 25.5. The summed E-state index contributed by atoms with van der Waals surface area (Å²) in [5, 5.41) is 3.18. The molecule has 1 N–H and O–H groups in total. The number of likely N-dealkylation sites (N-methyl/N-ethyl adjacent to an activating group) is 1. The van der Waals surface area contributed by atoms with Gasteiger partial charge < -0.3 is 14.6 Å². The van der Waals surface area contributed by atoms with Crippen molar-refractivity contribution in [3.63, 3.8) is 0 Å². The largest absolute Gasteiger partial charge is 0.468 e. The monoisotopic (exact) mass is 393 g/mol. The Balaban J connectivity index is 2.17. The number of anilines is 1. The second-order valence-corrected chi connectivity index (χ2v) is 6.41. The molecule has 2 heterocycles. The number of hydrogen-bond acceptors (Lipinski definition) is 6. The predicted octanol–water partition coefficient (Wildman–Crippen LogP) is 3.38. The van der Waals surface area contributed by atoms with Gasteiger partial charge in [-0.3, -0.25) is 9.69 Å². The lowest BCUT2D eigenvalue weighted by molar-refractivity contribution is 0.0924. The zero-order valence-electron chi connectivity index (χ0n) is 16.4. The molecular weight excluding hydrogens is 366 g/mol. The molecule has 0 bridgehead atoms. The van der Waals surface area contributed by atoms with Gasteiger partial charge in [-0.25, -0.2) is 9.97 Å². The van der Waals surface area contributed by atoms with E-state index in [-0.39, 0.29) is 22.7 Å². The molecule has 0 fully saturated rings. The fourth-order valence-corrected chi connectivity index (χ4v) is 3.18. The Morgan fingerprint density at radius 1 is 1.22 bits per heavy atom. The van der Waals surface area contributed by atoms with E-state index in [1.165, 1.54) is 6.20 Å². The van der Waals surface area contributed by atoms with E-state index in [1.807, 2.05) is 30.9 Å². The fourth-order valence-electron chi connectivity index (χ4n) is 3.00. The van der Waals surface area contributed by atoms with Crippen LogP contribution in [0, 0.1) is 0 Å². The number of nitrogens with one attached hydrogen (secondary N) is 1. The molecule has 0 aliphatic heterocycles. The molecule has 2 aromatic rings. The van der Waals surface area contributed by atoms with E-state index in [9.17, 15) is 4.79 Å². The maximum Gasteiger partial charge on any atom is 0.271 e. The summed E-state index contributed by atoms with van der Waals surface area (Å²) in [5.74, 6) is 0.997. The third-order valence-corrected chi connectivity index (χ3v) is 4.85. The van der Waals surface area contributed by atoms with Crippen LogP contribution < -0.4 is 10.2 Å². The van der Waals surface area contributed by atoms with Crippen LogP contribution in [-0.4, -0.2) is 53.5 Å². The van der Waals surface area contributed by atoms with Crippen LogP contribution in [0.5, 0.6) is 0 Å². The van der Waals surface area contributed by atoms with Gasteiger partial charge in [-0.2, -0.15) is 0 Å². The number of amides is 1. The number of rotatable bonds is 10. The number of furan rings is 1. The second kappa shape index (κ2) is 10.3. The molecule has 148 valence electrons. The zero-order chi connectivity index (χ0) is 19.8. The van der Waals surface area contributed by atoms with E-state index < -0.39 is 0 Å². The van der Waals surface area contributed by atoms with Crippen molar-refractivity contribution in [2.75, 3.05) is 37.6 Å². The first-order chi connectivity index (χ1) is 13.0. The fraction of sp³-hybridized carbons (Fsp3) is 0.526. The van der Waals surface area contributed by atoms with Crippen LogP contribution in [0.3, 0.4) is 0 Å². The molecule has 0 saturated carbocycles. The van der Waals surface area contributed by atoms with E-state index in [2.05, 4.69) is 34.0 Å². The summed E-state index contributed by atoms with van der Waals surface area (Å²) in [5.41, 5.74) is 0.186. The predicted molar refractivity (Wildman–Crippen MR) is 107 cm³/mol. The van der Waals surface area contributed by atoms with Gasteiger partial charge in [0.05, 0.1) is 23.5 Å². The average Bonchev–Trinajstić information content (AvgIpc) is 3.21. The lowest BCUT2D eigenvalue weighted by atomic mass is 10.2. The van der Waals surface area contributed by atoms with Crippen LogP contribution >= 0.6 is 11.6 Å². The molecule has 0 spiro atoms. The highest BCUT2D eigenvalue weighted by molar-refractivity contribution is 6.33. The van der Waals surface area contributed by atoms with Gasteiger partial charge in [0.25, 0.3) is 5.91 Å². The molecule has 0 saturated heterocycles. The molecule has 2 rings (SSSR count). The quantitative estimate of drug-likeness (QED) is 0.667.